The summed E-state index contributed by atoms with van der Waals surface area (Å²) < 4.78 is 11.1. The number of hydrogen-bond donors (Lipinski definition) is 2. The number of aliphatic hydroxyl groups excluding tert-OH is 1. The lowest BCUT2D eigenvalue weighted by Crippen LogP contribution is -2.29. The van der Waals surface area contributed by atoms with Crippen molar-refractivity contribution < 1.29 is 24.3 Å². The SMILES string of the molecule is Cc1noc(-c2ccc(OC3CCCC(C(=O)O)C3)cn2)c1CO. The number of aliphatic carboxylic acids is 1. The molecule has 3 rings (SSSR count). The minimum absolute atomic E-state index is 0.104. The summed E-state index contributed by atoms with van der Waals surface area (Å²) in [6, 6.07) is 3.51. The van der Waals surface area contributed by atoms with E-state index in [0.29, 0.717) is 41.3 Å². The van der Waals surface area contributed by atoms with E-state index in [0.717, 1.165) is 12.8 Å². The summed E-state index contributed by atoms with van der Waals surface area (Å²) in [5, 5.41) is 22.4. The smallest absolute Gasteiger partial charge is 0.306 e. The molecule has 1 aliphatic rings. The Morgan fingerprint density at radius 1 is 1.42 bits per heavy atom. The molecule has 1 saturated carbocycles. The van der Waals surface area contributed by atoms with Crippen LogP contribution < -0.4 is 4.74 Å². The largest absolute Gasteiger partial charge is 0.489 e. The molecule has 0 aromatic carbocycles. The molecule has 0 aliphatic heterocycles. The van der Waals surface area contributed by atoms with Crippen LogP contribution in [0.15, 0.2) is 22.9 Å². The standard InChI is InChI=1S/C17H20N2O5/c1-10-14(9-20)16(24-19-10)15-6-5-13(8-18-15)23-12-4-2-3-11(7-12)17(21)22/h5-6,8,11-12,20H,2-4,7,9H2,1H3,(H,21,22). The number of rotatable bonds is 5. The van der Waals surface area contributed by atoms with Gasteiger partial charge in [-0.05, 0) is 44.7 Å². The summed E-state index contributed by atoms with van der Waals surface area (Å²) in [5.74, 6) is -0.0454. The average Bonchev–Trinajstić information content (AvgIpc) is 2.96. The van der Waals surface area contributed by atoms with Gasteiger partial charge in [-0.3, -0.25) is 4.79 Å². The molecule has 7 heteroatoms. The molecule has 24 heavy (non-hydrogen) atoms. The maximum Gasteiger partial charge on any atom is 0.306 e. The average molecular weight is 332 g/mol. The molecule has 2 aromatic rings. The van der Waals surface area contributed by atoms with E-state index in [4.69, 9.17) is 14.4 Å². The quantitative estimate of drug-likeness (QED) is 0.866. The highest BCUT2D eigenvalue weighted by Gasteiger charge is 2.28. The Bertz CT molecular complexity index is 710. The fourth-order valence-corrected chi connectivity index (χ4v) is 3.03. The van der Waals surface area contributed by atoms with E-state index in [-0.39, 0.29) is 18.6 Å². The van der Waals surface area contributed by atoms with Crippen LogP contribution in [0.2, 0.25) is 0 Å². The van der Waals surface area contributed by atoms with Crippen LogP contribution in [0, 0.1) is 12.8 Å². The van der Waals surface area contributed by atoms with Crippen molar-refractivity contribution in [1.29, 1.82) is 0 Å². The Hall–Kier alpha value is -2.41. The minimum Gasteiger partial charge on any atom is -0.489 e. The van der Waals surface area contributed by atoms with Crippen molar-refractivity contribution in [2.75, 3.05) is 0 Å². The zero-order chi connectivity index (χ0) is 17.1. The highest BCUT2D eigenvalue weighted by atomic mass is 16.5. The summed E-state index contributed by atoms with van der Waals surface area (Å²) >= 11 is 0. The summed E-state index contributed by atoms with van der Waals surface area (Å²) in [4.78, 5) is 15.4. The number of carboxylic acids is 1. The first kappa shape index (κ1) is 16.4. The Balaban J connectivity index is 1.69. The normalized spacial score (nSPS) is 20.8. The van der Waals surface area contributed by atoms with E-state index in [9.17, 15) is 9.90 Å². The van der Waals surface area contributed by atoms with E-state index < -0.39 is 5.97 Å². The second kappa shape index (κ2) is 7.00. The number of carboxylic acid groups (broad SMARTS) is 1. The number of ether oxygens (including phenoxy) is 1. The van der Waals surface area contributed by atoms with Crippen molar-refractivity contribution in [2.24, 2.45) is 5.92 Å². The van der Waals surface area contributed by atoms with Crippen LogP contribution in [0.4, 0.5) is 0 Å². The van der Waals surface area contributed by atoms with Crippen LogP contribution in [-0.4, -0.2) is 32.4 Å². The van der Waals surface area contributed by atoms with E-state index in [1.165, 1.54) is 0 Å². The van der Waals surface area contributed by atoms with Gasteiger partial charge in [-0.1, -0.05) is 5.16 Å². The van der Waals surface area contributed by atoms with Gasteiger partial charge in [0.1, 0.15) is 11.4 Å². The van der Waals surface area contributed by atoms with Gasteiger partial charge < -0.3 is 19.5 Å². The molecule has 0 bridgehead atoms. The Kier molecular flexibility index (Phi) is 4.80. The number of pyridine rings is 1. The van der Waals surface area contributed by atoms with Crippen molar-refractivity contribution in [3.63, 3.8) is 0 Å². The molecule has 0 spiro atoms. The summed E-state index contributed by atoms with van der Waals surface area (Å²) in [6.07, 6.45) is 4.41. The molecule has 2 N–H and O–H groups in total. The molecule has 0 radical (unpaired) electrons. The Labute approximate surface area is 139 Å². The first-order valence-corrected chi connectivity index (χ1v) is 8.00. The topological polar surface area (TPSA) is 106 Å². The fraction of sp³-hybridized carbons (Fsp3) is 0.471. The number of hydrogen-bond acceptors (Lipinski definition) is 6. The van der Waals surface area contributed by atoms with Gasteiger partial charge in [0.15, 0.2) is 5.76 Å². The maximum absolute atomic E-state index is 11.1. The van der Waals surface area contributed by atoms with Gasteiger partial charge in [0.2, 0.25) is 0 Å². The van der Waals surface area contributed by atoms with Crippen LogP contribution >= 0.6 is 0 Å². The lowest BCUT2D eigenvalue weighted by atomic mass is 9.87. The number of aliphatic hydroxyl groups is 1. The summed E-state index contributed by atoms with van der Waals surface area (Å²) in [5.41, 5.74) is 1.82. The van der Waals surface area contributed by atoms with Gasteiger partial charge in [-0.2, -0.15) is 0 Å². The molecule has 2 unspecified atom stereocenters. The van der Waals surface area contributed by atoms with Crippen molar-refractivity contribution in [1.82, 2.24) is 10.1 Å². The maximum atomic E-state index is 11.1. The number of carbonyl (C=O) groups is 1. The third kappa shape index (κ3) is 3.41. The fourth-order valence-electron chi connectivity index (χ4n) is 3.03. The minimum atomic E-state index is -0.756. The van der Waals surface area contributed by atoms with E-state index in [1.54, 1.807) is 25.3 Å². The third-order valence-corrected chi connectivity index (χ3v) is 4.39. The Morgan fingerprint density at radius 3 is 2.92 bits per heavy atom. The highest BCUT2D eigenvalue weighted by Crippen LogP contribution is 2.29. The van der Waals surface area contributed by atoms with Gasteiger partial charge in [0, 0.05) is 5.56 Å². The predicted octanol–water partition coefficient (Wildman–Crippen LogP) is 2.56. The first-order valence-electron chi connectivity index (χ1n) is 8.00. The molecular formula is C17H20N2O5. The van der Waals surface area contributed by atoms with Crippen molar-refractivity contribution in [3.05, 3.63) is 29.6 Å². The first-order chi connectivity index (χ1) is 11.6. The van der Waals surface area contributed by atoms with Crippen LogP contribution in [0.25, 0.3) is 11.5 Å². The number of aryl methyl sites for hydroxylation is 1. The van der Waals surface area contributed by atoms with Crippen LogP contribution in [-0.2, 0) is 11.4 Å². The second-order valence-corrected chi connectivity index (χ2v) is 6.05. The molecule has 0 saturated heterocycles. The molecule has 2 atom stereocenters. The van der Waals surface area contributed by atoms with Crippen molar-refractivity contribution in [3.8, 4) is 17.2 Å². The molecule has 1 fully saturated rings. The lowest BCUT2D eigenvalue weighted by molar-refractivity contribution is -0.143. The van der Waals surface area contributed by atoms with Crippen LogP contribution in [0.5, 0.6) is 5.75 Å². The lowest BCUT2D eigenvalue weighted by Gasteiger charge is -2.27. The van der Waals surface area contributed by atoms with Crippen molar-refractivity contribution in [2.45, 2.75) is 45.3 Å². The third-order valence-electron chi connectivity index (χ3n) is 4.39. The van der Waals surface area contributed by atoms with Crippen LogP contribution in [0.1, 0.15) is 36.9 Å². The molecule has 2 aromatic heterocycles. The molecular weight excluding hydrogens is 312 g/mol. The predicted molar refractivity (Wildman–Crippen MR) is 84.4 cm³/mol. The number of nitrogens with zero attached hydrogens (tertiary/aromatic N) is 2. The van der Waals surface area contributed by atoms with Gasteiger partial charge >= 0.3 is 5.97 Å². The zero-order valence-electron chi connectivity index (χ0n) is 13.4. The number of aromatic nitrogens is 2. The van der Waals surface area contributed by atoms with Gasteiger partial charge in [0.25, 0.3) is 0 Å². The van der Waals surface area contributed by atoms with Crippen molar-refractivity contribution >= 4 is 5.97 Å². The Morgan fingerprint density at radius 2 is 2.25 bits per heavy atom. The monoisotopic (exact) mass is 332 g/mol. The van der Waals surface area contributed by atoms with Crippen LogP contribution in [0.3, 0.4) is 0 Å². The second-order valence-electron chi connectivity index (χ2n) is 6.05. The molecule has 2 heterocycles. The van der Waals surface area contributed by atoms with E-state index in [1.807, 2.05) is 0 Å². The van der Waals surface area contributed by atoms with Gasteiger partial charge in [-0.15, -0.1) is 0 Å². The van der Waals surface area contributed by atoms with E-state index >= 15 is 0 Å². The van der Waals surface area contributed by atoms with Gasteiger partial charge in [-0.25, -0.2) is 4.98 Å². The molecule has 0 amide bonds. The summed E-state index contributed by atoms with van der Waals surface area (Å²) in [6.45, 7) is 1.60. The van der Waals surface area contributed by atoms with E-state index in [2.05, 4.69) is 10.1 Å². The zero-order valence-corrected chi connectivity index (χ0v) is 13.4. The highest BCUT2D eigenvalue weighted by molar-refractivity contribution is 5.70. The molecule has 7 nitrogen and oxygen atoms in total. The molecule has 128 valence electrons. The molecule has 1 aliphatic carbocycles. The summed E-state index contributed by atoms with van der Waals surface area (Å²) in [7, 11) is 0. The van der Waals surface area contributed by atoms with Gasteiger partial charge in [0.05, 0.1) is 30.5 Å².